The molecule has 1 aliphatic heterocycles. The molecule has 0 amide bonds. The number of fused-ring (bicyclic) bond motifs is 1. The van der Waals surface area contributed by atoms with Gasteiger partial charge in [-0.3, -0.25) is 4.68 Å². The van der Waals surface area contributed by atoms with Crippen molar-refractivity contribution in [2.45, 2.75) is 6.54 Å². The number of ether oxygens (including phenoxy) is 1. The minimum absolute atomic E-state index is 0.553. The molecule has 0 saturated carbocycles. The summed E-state index contributed by atoms with van der Waals surface area (Å²) in [5.41, 5.74) is 5.10. The van der Waals surface area contributed by atoms with E-state index in [1.54, 1.807) is 7.11 Å². The van der Waals surface area contributed by atoms with Gasteiger partial charge in [0.05, 0.1) is 36.8 Å². The van der Waals surface area contributed by atoms with Crippen molar-refractivity contribution in [2.75, 3.05) is 57.2 Å². The highest BCUT2D eigenvalue weighted by molar-refractivity contribution is 5.66. The molecule has 0 radical (unpaired) electrons. The van der Waals surface area contributed by atoms with Crippen LogP contribution in [0.2, 0.25) is 0 Å². The Balaban J connectivity index is 1.37. The molecule has 0 unspecified atom stereocenters. The third-order valence-electron chi connectivity index (χ3n) is 5.82. The van der Waals surface area contributed by atoms with Crippen LogP contribution < -0.4 is 10.2 Å². The third kappa shape index (κ3) is 4.30. The highest BCUT2D eigenvalue weighted by Gasteiger charge is 2.15. The quantitative estimate of drug-likeness (QED) is 0.481. The van der Waals surface area contributed by atoms with Gasteiger partial charge in [0.2, 0.25) is 5.95 Å². The molecule has 0 atom stereocenters. The van der Waals surface area contributed by atoms with Gasteiger partial charge < -0.3 is 19.9 Å². The van der Waals surface area contributed by atoms with E-state index in [1.165, 1.54) is 5.69 Å². The van der Waals surface area contributed by atoms with Crippen molar-refractivity contribution < 1.29 is 4.74 Å². The van der Waals surface area contributed by atoms with E-state index in [-0.39, 0.29) is 0 Å². The monoisotopic (exact) mass is 432 g/mol. The van der Waals surface area contributed by atoms with Crippen molar-refractivity contribution >= 4 is 22.8 Å². The molecule has 0 spiro atoms. The summed E-state index contributed by atoms with van der Waals surface area (Å²) in [6, 6.07) is 12.5. The second kappa shape index (κ2) is 8.97. The Morgan fingerprint density at radius 2 is 1.94 bits per heavy atom. The zero-order chi connectivity index (χ0) is 21.9. The van der Waals surface area contributed by atoms with E-state index in [0.717, 1.165) is 48.6 Å². The van der Waals surface area contributed by atoms with Gasteiger partial charge in [0.25, 0.3) is 0 Å². The summed E-state index contributed by atoms with van der Waals surface area (Å²) < 4.78 is 8.92. The first-order valence-corrected chi connectivity index (χ1v) is 10.9. The van der Waals surface area contributed by atoms with Gasteiger partial charge in [-0.25, -0.2) is 9.50 Å². The molecule has 1 saturated heterocycles. The Kier molecular flexibility index (Phi) is 5.74. The maximum absolute atomic E-state index is 5.14. The SMILES string of the molecule is COCCn1cc(-c2ccc3cnc(Nc4cccc(N5CCN(C)CC5)c4)nn23)cn1. The summed E-state index contributed by atoms with van der Waals surface area (Å²) in [4.78, 5) is 9.28. The van der Waals surface area contributed by atoms with Crippen LogP contribution in [0.1, 0.15) is 0 Å². The molecule has 4 aromatic rings. The largest absolute Gasteiger partial charge is 0.383 e. The van der Waals surface area contributed by atoms with Gasteiger partial charge in [0.15, 0.2) is 0 Å². The van der Waals surface area contributed by atoms with E-state index in [9.17, 15) is 0 Å². The van der Waals surface area contributed by atoms with Crippen LogP contribution in [-0.2, 0) is 11.3 Å². The number of likely N-dealkylation sites (N-methyl/N-ethyl adjacent to an activating group) is 1. The second-order valence-electron chi connectivity index (χ2n) is 8.09. The van der Waals surface area contributed by atoms with Crippen LogP contribution in [0.25, 0.3) is 16.8 Å². The van der Waals surface area contributed by atoms with Gasteiger partial charge in [-0.05, 0) is 37.4 Å². The number of rotatable bonds is 7. The zero-order valence-corrected chi connectivity index (χ0v) is 18.5. The van der Waals surface area contributed by atoms with Crippen molar-refractivity contribution in [3.8, 4) is 11.3 Å². The van der Waals surface area contributed by atoms with E-state index in [0.29, 0.717) is 19.1 Å². The van der Waals surface area contributed by atoms with Crippen LogP contribution in [0.4, 0.5) is 17.3 Å². The lowest BCUT2D eigenvalue weighted by Gasteiger charge is -2.34. The van der Waals surface area contributed by atoms with Crippen LogP contribution in [0.3, 0.4) is 0 Å². The van der Waals surface area contributed by atoms with Crippen LogP contribution in [0.15, 0.2) is 55.0 Å². The number of benzene rings is 1. The lowest BCUT2D eigenvalue weighted by atomic mass is 10.2. The molecule has 1 fully saturated rings. The van der Waals surface area contributed by atoms with E-state index >= 15 is 0 Å². The van der Waals surface area contributed by atoms with E-state index in [2.05, 4.69) is 50.4 Å². The maximum atomic E-state index is 5.14. The average molecular weight is 433 g/mol. The van der Waals surface area contributed by atoms with E-state index < -0.39 is 0 Å². The molecule has 1 N–H and O–H groups in total. The predicted octanol–water partition coefficient (Wildman–Crippen LogP) is 2.73. The van der Waals surface area contributed by atoms with Gasteiger partial charge in [0, 0.05) is 56.4 Å². The molecule has 9 nitrogen and oxygen atoms in total. The van der Waals surface area contributed by atoms with Gasteiger partial charge in [-0.2, -0.15) is 5.10 Å². The summed E-state index contributed by atoms with van der Waals surface area (Å²) in [6.07, 6.45) is 5.69. The fourth-order valence-corrected chi connectivity index (χ4v) is 3.95. The topological polar surface area (TPSA) is 75.8 Å². The number of anilines is 3. The smallest absolute Gasteiger partial charge is 0.245 e. The van der Waals surface area contributed by atoms with Crippen molar-refractivity contribution in [2.24, 2.45) is 0 Å². The summed E-state index contributed by atoms with van der Waals surface area (Å²) in [5.74, 6) is 0.553. The molecule has 32 heavy (non-hydrogen) atoms. The Morgan fingerprint density at radius 3 is 2.78 bits per heavy atom. The number of methoxy groups -OCH3 is 1. The lowest BCUT2D eigenvalue weighted by Crippen LogP contribution is -2.44. The van der Waals surface area contributed by atoms with Crippen LogP contribution in [0, 0.1) is 0 Å². The van der Waals surface area contributed by atoms with E-state index in [1.807, 2.05) is 46.0 Å². The second-order valence-corrected chi connectivity index (χ2v) is 8.09. The van der Waals surface area contributed by atoms with Gasteiger partial charge >= 0.3 is 0 Å². The average Bonchev–Trinajstić information content (AvgIpc) is 3.45. The number of piperazine rings is 1. The van der Waals surface area contributed by atoms with Gasteiger partial charge in [0.1, 0.15) is 0 Å². The lowest BCUT2D eigenvalue weighted by molar-refractivity contribution is 0.183. The first kappa shape index (κ1) is 20.5. The number of aromatic nitrogens is 5. The van der Waals surface area contributed by atoms with Crippen LogP contribution >= 0.6 is 0 Å². The highest BCUT2D eigenvalue weighted by Crippen LogP contribution is 2.24. The predicted molar refractivity (Wildman–Crippen MR) is 126 cm³/mol. The highest BCUT2D eigenvalue weighted by atomic mass is 16.5. The van der Waals surface area contributed by atoms with Crippen molar-refractivity contribution in [3.63, 3.8) is 0 Å². The minimum atomic E-state index is 0.553. The molecule has 1 aromatic carbocycles. The van der Waals surface area contributed by atoms with Gasteiger partial charge in [-0.15, -0.1) is 5.10 Å². The fraction of sp³-hybridized carbons (Fsp3) is 0.348. The summed E-state index contributed by atoms with van der Waals surface area (Å²) in [5, 5.41) is 12.5. The summed E-state index contributed by atoms with van der Waals surface area (Å²) in [6.45, 7) is 5.57. The first-order chi connectivity index (χ1) is 15.7. The number of hydrogen-bond donors (Lipinski definition) is 1. The fourth-order valence-electron chi connectivity index (χ4n) is 3.95. The van der Waals surface area contributed by atoms with Crippen LogP contribution in [0.5, 0.6) is 0 Å². The van der Waals surface area contributed by atoms with Gasteiger partial charge in [-0.1, -0.05) is 6.07 Å². The molecular weight excluding hydrogens is 404 g/mol. The molecule has 166 valence electrons. The molecular formula is C23H28N8O. The molecule has 9 heteroatoms. The Hall–Kier alpha value is -3.43. The first-order valence-electron chi connectivity index (χ1n) is 10.9. The molecule has 5 rings (SSSR count). The standard InChI is InChI=1S/C23H28N8O/c1-28-8-10-29(11-9-28)20-5-3-4-19(14-20)26-23-24-16-21-6-7-22(31(21)27-23)18-15-25-30(17-18)12-13-32-2/h3-7,14-17H,8-13H2,1-2H3,(H,26,27). The van der Waals surface area contributed by atoms with Crippen LogP contribution in [-0.4, -0.2) is 76.2 Å². The molecule has 1 aliphatic rings. The van der Waals surface area contributed by atoms with Crippen molar-refractivity contribution in [1.82, 2.24) is 29.3 Å². The number of nitrogens with one attached hydrogen (secondary N) is 1. The Bertz CT molecular complexity index is 1190. The molecule has 4 heterocycles. The minimum Gasteiger partial charge on any atom is -0.383 e. The molecule has 3 aromatic heterocycles. The summed E-state index contributed by atoms with van der Waals surface area (Å²) in [7, 11) is 3.86. The number of nitrogens with zero attached hydrogens (tertiary/aromatic N) is 7. The Labute approximate surface area is 187 Å². The normalized spacial score (nSPS) is 14.9. The Morgan fingerprint density at radius 1 is 1.06 bits per heavy atom. The maximum Gasteiger partial charge on any atom is 0.245 e. The van der Waals surface area contributed by atoms with E-state index in [4.69, 9.17) is 9.84 Å². The van der Waals surface area contributed by atoms with Crippen molar-refractivity contribution in [1.29, 1.82) is 0 Å². The number of hydrogen-bond acceptors (Lipinski definition) is 7. The van der Waals surface area contributed by atoms with Crippen molar-refractivity contribution in [3.05, 3.63) is 55.0 Å². The third-order valence-corrected chi connectivity index (χ3v) is 5.82. The molecule has 0 aliphatic carbocycles. The summed E-state index contributed by atoms with van der Waals surface area (Å²) >= 11 is 0. The zero-order valence-electron chi connectivity index (χ0n) is 18.5. The molecule has 0 bridgehead atoms.